The van der Waals surface area contributed by atoms with Crippen molar-refractivity contribution in [1.82, 2.24) is 15.0 Å². The lowest BCUT2D eigenvalue weighted by Crippen LogP contribution is -2.38. The van der Waals surface area contributed by atoms with Crippen molar-refractivity contribution in [2.75, 3.05) is 6.54 Å². The fourth-order valence-corrected chi connectivity index (χ4v) is 3.78. The van der Waals surface area contributed by atoms with Crippen LogP contribution in [0.5, 0.6) is 0 Å². The van der Waals surface area contributed by atoms with Gasteiger partial charge in [0.05, 0.1) is 11.0 Å². The number of carbonyl (C=O) groups excluding carboxylic acids is 1. The molecule has 1 fully saturated rings. The highest BCUT2D eigenvalue weighted by atomic mass is 32.1. The normalized spacial score (nSPS) is 18.6. The van der Waals surface area contributed by atoms with Gasteiger partial charge in [0.15, 0.2) is 0 Å². The Morgan fingerprint density at radius 1 is 1.50 bits per heavy atom. The molecule has 0 aliphatic carbocycles. The lowest BCUT2D eigenvalue weighted by Gasteiger charge is -2.34. The van der Waals surface area contributed by atoms with Crippen LogP contribution in [-0.2, 0) is 6.42 Å². The van der Waals surface area contributed by atoms with Crippen LogP contribution in [0, 0.1) is 6.92 Å². The maximum absolute atomic E-state index is 12.8. The SMILES string of the molecule is CCCc1nc(C(=O)N2CCCC[C@H]2c2cc(C)on2)cs1. The van der Waals surface area contributed by atoms with Gasteiger partial charge in [-0.2, -0.15) is 0 Å². The van der Waals surface area contributed by atoms with Crippen LogP contribution in [-0.4, -0.2) is 27.5 Å². The summed E-state index contributed by atoms with van der Waals surface area (Å²) in [6.07, 6.45) is 5.06. The molecule has 5 nitrogen and oxygen atoms in total. The van der Waals surface area contributed by atoms with Gasteiger partial charge in [0.2, 0.25) is 0 Å². The van der Waals surface area contributed by atoms with Crippen molar-refractivity contribution in [3.63, 3.8) is 0 Å². The Bertz CT molecular complexity index is 649. The van der Waals surface area contributed by atoms with Crippen LogP contribution < -0.4 is 0 Å². The van der Waals surface area contributed by atoms with Gasteiger partial charge < -0.3 is 9.42 Å². The summed E-state index contributed by atoms with van der Waals surface area (Å²) < 4.78 is 5.19. The van der Waals surface area contributed by atoms with Crippen LogP contribution in [0.4, 0.5) is 0 Å². The number of likely N-dealkylation sites (tertiary alicyclic amines) is 1. The molecule has 22 heavy (non-hydrogen) atoms. The van der Waals surface area contributed by atoms with E-state index >= 15 is 0 Å². The molecule has 1 aliphatic rings. The van der Waals surface area contributed by atoms with E-state index in [4.69, 9.17) is 4.52 Å². The van der Waals surface area contributed by atoms with E-state index in [9.17, 15) is 4.79 Å². The van der Waals surface area contributed by atoms with Gasteiger partial charge in [-0.25, -0.2) is 4.98 Å². The maximum Gasteiger partial charge on any atom is 0.273 e. The van der Waals surface area contributed by atoms with Crippen LogP contribution in [0.2, 0.25) is 0 Å². The first-order valence-corrected chi connectivity index (χ1v) is 8.75. The van der Waals surface area contributed by atoms with Crippen molar-refractivity contribution in [2.45, 2.75) is 52.0 Å². The summed E-state index contributed by atoms with van der Waals surface area (Å²) >= 11 is 1.57. The smallest absolute Gasteiger partial charge is 0.273 e. The average molecular weight is 319 g/mol. The van der Waals surface area contributed by atoms with Crippen molar-refractivity contribution < 1.29 is 9.32 Å². The van der Waals surface area contributed by atoms with Gasteiger partial charge in [0.1, 0.15) is 17.1 Å². The Balaban J connectivity index is 1.81. The number of rotatable bonds is 4. The number of aryl methyl sites for hydroxylation is 2. The Hall–Kier alpha value is -1.69. The maximum atomic E-state index is 12.8. The fraction of sp³-hybridized carbons (Fsp3) is 0.562. The first kappa shape index (κ1) is 15.2. The van der Waals surface area contributed by atoms with Gasteiger partial charge in [0.25, 0.3) is 5.91 Å². The first-order chi connectivity index (χ1) is 10.7. The minimum absolute atomic E-state index is 0.00928. The largest absolute Gasteiger partial charge is 0.361 e. The predicted octanol–water partition coefficient (Wildman–Crippen LogP) is 3.76. The Morgan fingerprint density at radius 3 is 3.09 bits per heavy atom. The average Bonchev–Trinajstić information content (AvgIpc) is 3.16. The summed E-state index contributed by atoms with van der Waals surface area (Å²) in [6.45, 7) is 4.76. The lowest BCUT2D eigenvalue weighted by atomic mass is 9.99. The molecule has 0 bridgehead atoms. The zero-order valence-corrected chi connectivity index (χ0v) is 13.9. The van der Waals surface area contributed by atoms with E-state index in [1.165, 1.54) is 0 Å². The number of hydrogen-bond acceptors (Lipinski definition) is 5. The molecule has 2 aromatic heterocycles. The van der Waals surface area contributed by atoms with E-state index in [0.29, 0.717) is 5.69 Å². The second kappa shape index (κ2) is 6.60. The molecule has 3 heterocycles. The molecule has 0 radical (unpaired) electrons. The van der Waals surface area contributed by atoms with Crippen LogP contribution in [0.15, 0.2) is 16.0 Å². The monoisotopic (exact) mass is 319 g/mol. The second-order valence-corrected chi connectivity index (χ2v) is 6.69. The molecule has 0 aromatic carbocycles. The quantitative estimate of drug-likeness (QED) is 0.861. The van der Waals surface area contributed by atoms with Crippen LogP contribution in [0.3, 0.4) is 0 Å². The molecule has 0 saturated carbocycles. The zero-order valence-electron chi connectivity index (χ0n) is 13.0. The number of nitrogens with zero attached hydrogens (tertiary/aromatic N) is 3. The van der Waals surface area contributed by atoms with Gasteiger partial charge in [-0.3, -0.25) is 4.79 Å². The summed E-state index contributed by atoms with van der Waals surface area (Å²) in [5.74, 6) is 0.802. The van der Waals surface area contributed by atoms with Crippen LogP contribution >= 0.6 is 11.3 Å². The number of thiazole rings is 1. The lowest BCUT2D eigenvalue weighted by molar-refractivity contribution is 0.0596. The van der Waals surface area contributed by atoms with E-state index in [1.807, 2.05) is 23.3 Å². The minimum atomic E-state index is 0.00928. The third-order valence-electron chi connectivity index (χ3n) is 3.99. The topological polar surface area (TPSA) is 59.2 Å². The van der Waals surface area contributed by atoms with E-state index in [2.05, 4.69) is 17.1 Å². The highest BCUT2D eigenvalue weighted by Crippen LogP contribution is 2.32. The molecule has 3 rings (SSSR count). The summed E-state index contributed by atoms with van der Waals surface area (Å²) in [5.41, 5.74) is 1.43. The second-order valence-electron chi connectivity index (χ2n) is 5.75. The predicted molar refractivity (Wildman–Crippen MR) is 85.0 cm³/mol. The summed E-state index contributed by atoms with van der Waals surface area (Å²) in [5, 5.41) is 7.03. The van der Waals surface area contributed by atoms with E-state index in [0.717, 1.165) is 55.1 Å². The summed E-state index contributed by atoms with van der Waals surface area (Å²) in [4.78, 5) is 19.2. The first-order valence-electron chi connectivity index (χ1n) is 7.87. The van der Waals surface area contributed by atoms with Gasteiger partial charge >= 0.3 is 0 Å². The van der Waals surface area contributed by atoms with Crippen molar-refractivity contribution in [3.8, 4) is 0 Å². The highest BCUT2D eigenvalue weighted by molar-refractivity contribution is 7.09. The number of carbonyl (C=O) groups is 1. The third kappa shape index (κ3) is 3.06. The molecule has 6 heteroatoms. The van der Waals surface area contributed by atoms with E-state index in [1.54, 1.807) is 11.3 Å². The molecule has 0 unspecified atom stereocenters. The van der Waals surface area contributed by atoms with Crippen molar-refractivity contribution >= 4 is 17.2 Å². The molecule has 1 saturated heterocycles. The highest BCUT2D eigenvalue weighted by Gasteiger charge is 2.31. The van der Waals surface area contributed by atoms with Crippen molar-refractivity contribution in [2.24, 2.45) is 0 Å². The summed E-state index contributed by atoms with van der Waals surface area (Å²) in [7, 11) is 0. The molecule has 0 N–H and O–H groups in total. The van der Waals surface area contributed by atoms with Gasteiger partial charge in [0, 0.05) is 18.0 Å². The molecule has 1 aliphatic heterocycles. The molecule has 1 amide bonds. The molecule has 2 aromatic rings. The molecule has 1 atom stereocenters. The third-order valence-corrected chi connectivity index (χ3v) is 4.89. The molecule has 0 spiro atoms. The number of amides is 1. The van der Waals surface area contributed by atoms with Crippen LogP contribution in [0.25, 0.3) is 0 Å². The Morgan fingerprint density at radius 2 is 2.36 bits per heavy atom. The van der Waals surface area contributed by atoms with Gasteiger partial charge in [-0.1, -0.05) is 12.1 Å². The molecular weight excluding hydrogens is 298 g/mol. The van der Waals surface area contributed by atoms with E-state index in [-0.39, 0.29) is 11.9 Å². The van der Waals surface area contributed by atoms with Crippen molar-refractivity contribution in [3.05, 3.63) is 33.6 Å². The number of piperidine rings is 1. The Kier molecular flexibility index (Phi) is 4.57. The van der Waals surface area contributed by atoms with Crippen molar-refractivity contribution in [1.29, 1.82) is 0 Å². The molecular formula is C16H21N3O2S. The summed E-state index contributed by atoms with van der Waals surface area (Å²) in [6, 6.07) is 1.94. The zero-order chi connectivity index (χ0) is 15.5. The minimum Gasteiger partial charge on any atom is -0.361 e. The van der Waals surface area contributed by atoms with Gasteiger partial charge in [-0.15, -0.1) is 11.3 Å². The number of aromatic nitrogens is 2. The number of hydrogen-bond donors (Lipinski definition) is 0. The van der Waals surface area contributed by atoms with Gasteiger partial charge in [-0.05, 0) is 39.0 Å². The van der Waals surface area contributed by atoms with E-state index < -0.39 is 0 Å². The standard InChI is InChI=1S/C16H21N3O2S/c1-3-6-15-17-13(10-22-15)16(20)19-8-5-4-7-14(19)12-9-11(2)21-18-12/h9-10,14H,3-8H2,1-2H3/t14-/m0/s1. The fourth-order valence-electron chi connectivity index (χ4n) is 2.91. The Labute approximate surface area is 134 Å². The molecule has 118 valence electrons. The van der Waals surface area contributed by atoms with Crippen LogP contribution in [0.1, 0.15) is 65.6 Å².